The van der Waals surface area contributed by atoms with Gasteiger partial charge in [-0.15, -0.1) is 0 Å². The van der Waals surface area contributed by atoms with Gasteiger partial charge in [0.25, 0.3) is 5.91 Å². The fraction of sp³-hybridized carbons (Fsp3) is 0.316. The largest absolute Gasteiger partial charge is 0.482 e. The molecule has 26 heavy (non-hydrogen) atoms. The van der Waals surface area contributed by atoms with Crippen LogP contribution >= 0.6 is 0 Å². The summed E-state index contributed by atoms with van der Waals surface area (Å²) < 4.78 is 10.2. The van der Waals surface area contributed by atoms with E-state index in [-0.39, 0.29) is 12.6 Å². The van der Waals surface area contributed by atoms with Crippen LogP contribution < -0.4 is 15.4 Å². The minimum Gasteiger partial charge on any atom is -0.482 e. The first kappa shape index (κ1) is 19.2. The summed E-state index contributed by atoms with van der Waals surface area (Å²) in [7, 11) is 0. The van der Waals surface area contributed by atoms with Crippen molar-refractivity contribution in [3.63, 3.8) is 0 Å². The Balaban J connectivity index is 1.72. The molecular formula is C19H22N2O5. The van der Waals surface area contributed by atoms with Crippen LogP contribution in [0.5, 0.6) is 5.75 Å². The molecule has 0 saturated carbocycles. The van der Waals surface area contributed by atoms with Crippen LogP contribution in [-0.2, 0) is 14.3 Å². The molecule has 0 aliphatic heterocycles. The monoisotopic (exact) mass is 358 g/mol. The van der Waals surface area contributed by atoms with Crippen molar-refractivity contribution in [3.8, 4) is 5.75 Å². The molecule has 0 spiro atoms. The molecule has 1 atom stereocenters. The standard InChI is InChI=1S/C19H22N2O5/c1-3-13(2)20-19(24)21-17(22)11-26-18(23)12-25-16-9-8-14-6-4-5-7-15(14)10-16/h4-10,13H,3,11-12H2,1-2H3,(H2,20,21,22,24)/t13-/m0/s1. The molecule has 2 N–H and O–H groups in total. The average Bonchev–Trinajstić information content (AvgIpc) is 2.64. The predicted molar refractivity (Wildman–Crippen MR) is 96.8 cm³/mol. The zero-order chi connectivity index (χ0) is 18.9. The van der Waals surface area contributed by atoms with Gasteiger partial charge in [-0.05, 0) is 36.2 Å². The highest BCUT2D eigenvalue weighted by molar-refractivity contribution is 5.95. The summed E-state index contributed by atoms with van der Waals surface area (Å²) in [6.45, 7) is 2.84. The molecule has 0 aliphatic rings. The highest BCUT2D eigenvalue weighted by Crippen LogP contribution is 2.20. The summed E-state index contributed by atoms with van der Waals surface area (Å²) in [5.74, 6) is -0.876. The van der Waals surface area contributed by atoms with Crippen molar-refractivity contribution in [1.82, 2.24) is 10.6 Å². The quantitative estimate of drug-likeness (QED) is 0.741. The highest BCUT2D eigenvalue weighted by Gasteiger charge is 2.12. The van der Waals surface area contributed by atoms with Gasteiger partial charge in [-0.1, -0.05) is 37.3 Å². The van der Waals surface area contributed by atoms with Crippen molar-refractivity contribution in [2.75, 3.05) is 13.2 Å². The number of hydrogen-bond donors (Lipinski definition) is 2. The molecule has 3 amide bonds. The van der Waals surface area contributed by atoms with Gasteiger partial charge in [-0.25, -0.2) is 9.59 Å². The van der Waals surface area contributed by atoms with E-state index >= 15 is 0 Å². The summed E-state index contributed by atoms with van der Waals surface area (Å²) in [4.78, 5) is 34.7. The summed E-state index contributed by atoms with van der Waals surface area (Å²) in [6.07, 6.45) is 0.739. The van der Waals surface area contributed by atoms with E-state index < -0.39 is 24.5 Å². The zero-order valence-corrected chi connectivity index (χ0v) is 14.8. The molecule has 0 radical (unpaired) electrons. The van der Waals surface area contributed by atoms with Crippen LogP contribution in [0.25, 0.3) is 10.8 Å². The van der Waals surface area contributed by atoms with Crippen molar-refractivity contribution in [2.24, 2.45) is 0 Å². The summed E-state index contributed by atoms with van der Waals surface area (Å²) in [6, 6.07) is 12.5. The minimum absolute atomic E-state index is 0.0549. The van der Waals surface area contributed by atoms with Gasteiger partial charge >= 0.3 is 12.0 Å². The fourth-order valence-electron chi connectivity index (χ4n) is 2.11. The number of carbonyl (C=O) groups excluding carboxylic acids is 3. The fourth-order valence-corrected chi connectivity index (χ4v) is 2.11. The predicted octanol–water partition coefficient (Wildman–Crippen LogP) is 2.39. The van der Waals surface area contributed by atoms with Gasteiger partial charge in [0.1, 0.15) is 5.75 Å². The summed E-state index contributed by atoms with van der Waals surface area (Å²) in [5.41, 5.74) is 0. The van der Waals surface area contributed by atoms with Gasteiger partial charge in [0.05, 0.1) is 0 Å². The summed E-state index contributed by atoms with van der Waals surface area (Å²) in [5, 5.41) is 6.72. The van der Waals surface area contributed by atoms with Crippen molar-refractivity contribution in [2.45, 2.75) is 26.3 Å². The number of benzene rings is 2. The Kier molecular flexibility index (Phi) is 6.96. The van der Waals surface area contributed by atoms with Crippen LogP contribution in [0.15, 0.2) is 42.5 Å². The van der Waals surface area contributed by atoms with Crippen molar-refractivity contribution < 1.29 is 23.9 Å². The second-order valence-electron chi connectivity index (χ2n) is 5.79. The lowest BCUT2D eigenvalue weighted by Gasteiger charge is -2.12. The molecule has 0 saturated heterocycles. The number of urea groups is 1. The minimum atomic E-state index is -0.704. The topological polar surface area (TPSA) is 93.7 Å². The molecule has 2 rings (SSSR count). The first-order valence-corrected chi connectivity index (χ1v) is 8.35. The third-order valence-electron chi connectivity index (χ3n) is 3.68. The average molecular weight is 358 g/mol. The lowest BCUT2D eigenvalue weighted by atomic mass is 10.1. The lowest BCUT2D eigenvalue weighted by molar-refractivity contribution is -0.150. The van der Waals surface area contributed by atoms with Crippen LogP contribution in [0.3, 0.4) is 0 Å². The number of esters is 1. The number of hydrogen-bond acceptors (Lipinski definition) is 5. The van der Waals surface area contributed by atoms with E-state index in [4.69, 9.17) is 9.47 Å². The zero-order valence-electron chi connectivity index (χ0n) is 14.8. The Bertz CT molecular complexity index is 790. The van der Waals surface area contributed by atoms with Crippen molar-refractivity contribution in [1.29, 1.82) is 0 Å². The molecule has 7 nitrogen and oxygen atoms in total. The maximum atomic E-state index is 11.7. The normalized spacial score (nSPS) is 11.5. The molecule has 2 aromatic rings. The van der Waals surface area contributed by atoms with Gasteiger partial charge in [0, 0.05) is 6.04 Å². The molecule has 0 aliphatic carbocycles. The molecule has 2 aromatic carbocycles. The maximum Gasteiger partial charge on any atom is 0.344 e. The molecule has 0 bridgehead atoms. The highest BCUT2D eigenvalue weighted by atomic mass is 16.6. The second kappa shape index (κ2) is 9.41. The summed E-state index contributed by atoms with van der Waals surface area (Å²) >= 11 is 0. The Morgan fingerprint density at radius 2 is 1.77 bits per heavy atom. The number of ether oxygens (including phenoxy) is 2. The molecule has 138 valence electrons. The van der Waals surface area contributed by atoms with E-state index in [1.54, 1.807) is 6.07 Å². The van der Waals surface area contributed by atoms with Crippen LogP contribution in [0.1, 0.15) is 20.3 Å². The first-order valence-electron chi connectivity index (χ1n) is 8.35. The van der Waals surface area contributed by atoms with E-state index in [2.05, 4.69) is 10.6 Å². The number of carbonyl (C=O) groups is 3. The Morgan fingerprint density at radius 3 is 2.50 bits per heavy atom. The van der Waals surface area contributed by atoms with Gasteiger partial charge in [0.15, 0.2) is 13.2 Å². The molecule has 0 unspecified atom stereocenters. The molecule has 0 heterocycles. The van der Waals surface area contributed by atoms with Gasteiger partial charge in [0.2, 0.25) is 0 Å². The molecule has 7 heteroatoms. The molecule has 0 aromatic heterocycles. The maximum absolute atomic E-state index is 11.7. The van der Waals surface area contributed by atoms with Crippen LogP contribution in [0.2, 0.25) is 0 Å². The first-order chi connectivity index (χ1) is 12.5. The SMILES string of the molecule is CC[C@H](C)NC(=O)NC(=O)COC(=O)COc1ccc2ccccc2c1. The van der Waals surface area contributed by atoms with Gasteiger partial charge in [-0.2, -0.15) is 0 Å². The third-order valence-corrected chi connectivity index (χ3v) is 3.68. The van der Waals surface area contributed by atoms with Crippen molar-refractivity contribution >= 4 is 28.7 Å². The number of fused-ring (bicyclic) bond motifs is 1. The van der Waals surface area contributed by atoms with Crippen LogP contribution in [0.4, 0.5) is 4.79 Å². The van der Waals surface area contributed by atoms with Crippen LogP contribution in [-0.4, -0.2) is 37.2 Å². The second-order valence-corrected chi connectivity index (χ2v) is 5.79. The van der Waals surface area contributed by atoms with E-state index in [0.717, 1.165) is 17.2 Å². The molecule has 0 fully saturated rings. The lowest BCUT2D eigenvalue weighted by Crippen LogP contribution is -2.44. The third kappa shape index (κ3) is 6.08. The number of imide groups is 1. The smallest absolute Gasteiger partial charge is 0.344 e. The van der Waals surface area contributed by atoms with E-state index in [1.165, 1.54) is 0 Å². The van der Waals surface area contributed by atoms with E-state index in [9.17, 15) is 14.4 Å². The van der Waals surface area contributed by atoms with Gasteiger partial charge in [-0.3, -0.25) is 10.1 Å². The van der Waals surface area contributed by atoms with E-state index in [1.807, 2.05) is 50.2 Å². The number of amides is 3. The van der Waals surface area contributed by atoms with E-state index in [0.29, 0.717) is 5.75 Å². The Morgan fingerprint density at radius 1 is 1.04 bits per heavy atom. The van der Waals surface area contributed by atoms with Crippen molar-refractivity contribution in [3.05, 3.63) is 42.5 Å². The van der Waals surface area contributed by atoms with Crippen LogP contribution in [0, 0.1) is 0 Å². The number of rotatable bonds is 7. The Labute approximate surface area is 151 Å². The van der Waals surface area contributed by atoms with Gasteiger partial charge < -0.3 is 14.8 Å². The molecular weight excluding hydrogens is 336 g/mol. The number of nitrogens with one attached hydrogen (secondary N) is 2. The Hall–Kier alpha value is -3.09.